The summed E-state index contributed by atoms with van der Waals surface area (Å²) in [5, 5.41) is 12.8. The van der Waals surface area contributed by atoms with E-state index in [0.717, 1.165) is 11.6 Å². The van der Waals surface area contributed by atoms with E-state index in [-0.39, 0.29) is 65.5 Å². The normalized spacial score (nSPS) is 11.4. The molecule has 2 aromatic carbocycles. The molecule has 152 valence electrons. The second-order valence-electron chi connectivity index (χ2n) is 5.86. The minimum absolute atomic E-state index is 0. The third-order valence-electron chi connectivity index (χ3n) is 3.84. The number of hydrogen-bond acceptors (Lipinski definition) is 6. The maximum absolute atomic E-state index is 12.3. The summed E-state index contributed by atoms with van der Waals surface area (Å²) in [5.74, 6) is -0.960. The zero-order chi connectivity index (χ0) is 20.7. The van der Waals surface area contributed by atoms with Crippen molar-refractivity contribution in [2.24, 2.45) is 0 Å². The number of rotatable bonds is 5. The predicted molar refractivity (Wildman–Crippen MR) is 111 cm³/mol. The Hall–Kier alpha value is -0.930. The van der Waals surface area contributed by atoms with E-state index in [9.17, 15) is 31.3 Å². The van der Waals surface area contributed by atoms with Crippen LogP contribution in [0.5, 0.6) is 5.75 Å². The van der Waals surface area contributed by atoms with E-state index in [4.69, 9.17) is 4.55 Å². The molecule has 0 radical (unpaired) electrons. The molecule has 1 heterocycles. The van der Waals surface area contributed by atoms with Crippen LogP contribution in [0.15, 0.2) is 63.1 Å². The summed E-state index contributed by atoms with van der Waals surface area (Å²) < 4.78 is 65.2. The van der Waals surface area contributed by atoms with E-state index < -0.39 is 47.0 Å². The predicted octanol–water partition coefficient (Wildman–Crippen LogP) is -0.342. The fourth-order valence-electron chi connectivity index (χ4n) is 2.66. The van der Waals surface area contributed by atoms with Crippen LogP contribution in [0.2, 0.25) is 0 Å². The molecule has 1 aromatic heterocycles. The van der Waals surface area contributed by atoms with E-state index in [0.29, 0.717) is 22.5 Å². The number of benzene rings is 2. The van der Waals surface area contributed by atoms with Crippen molar-refractivity contribution in [2.45, 2.75) is 16.2 Å². The van der Waals surface area contributed by atoms with Gasteiger partial charge in [-0.05, 0) is 11.6 Å². The average Bonchev–Trinajstić information content (AvgIpc) is 2.93. The van der Waals surface area contributed by atoms with Crippen molar-refractivity contribution in [2.75, 3.05) is 0 Å². The van der Waals surface area contributed by atoms with Crippen LogP contribution in [0.1, 0.15) is 11.3 Å². The molecular formula is C16H16N2Na2O8S2. The molecule has 0 spiro atoms. The summed E-state index contributed by atoms with van der Waals surface area (Å²) in [6.45, 7) is 0. The molecule has 4 N–H and O–H groups in total. The number of aromatic hydroxyl groups is 1. The fourth-order valence-corrected chi connectivity index (χ4v) is 3.97. The summed E-state index contributed by atoms with van der Waals surface area (Å²) in [7, 11) is -9.95. The molecule has 3 rings (SSSR count). The number of phenolic OH excluding ortho intramolecular Hbond substituents is 1. The van der Waals surface area contributed by atoms with E-state index in [1.54, 1.807) is 24.3 Å². The number of nitrogens with zero attached hydrogens (tertiary/aromatic N) is 1. The van der Waals surface area contributed by atoms with Crippen LogP contribution >= 0.6 is 0 Å². The van der Waals surface area contributed by atoms with Gasteiger partial charge in [-0.3, -0.25) is 19.0 Å². The van der Waals surface area contributed by atoms with Crippen LogP contribution in [0.3, 0.4) is 0 Å². The van der Waals surface area contributed by atoms with Gasteiger partial charge < -0.3 is 5.11 Å². The van der Waals surface area contributed by atoms with E-state index in [1.165, 1.54) is 0 Å². The summed E-state index contributed by atoms with van der Waals surface area (Å²) in [6.07, 6.45) is 0.286. The third-order valence-corrected chi connectivity index (χ3v) is 5.54. The number of H-pyrrole nitrogens is 1. The fraction of sp³-hybridized carbons (Fsp3) is 0.0625. The van der Waals surface area contributed by atoms with Crippen molar-refractivity contribution in [3.63, 3.8) is 0 Å². The van der Waals surface area contributed by atoms with E-state index in [1.807, 2.05) is 6.07 Å². The van der Waals surface area contributed by atoms with Crippen molar-refractivity contribution in [3.8, 4) is 11.4 Å². The number of hydrogen-bond donors (Lipinski definition) is 4. The topological polar surface area (TPSA) is 167 Å². The van der Waals surface area contributed by atoms with Gasteiger partial charge in [-0.1, -0.05) is 30.3 Å². The van der Waals surface area contributed by atoms with Gasteiger partial charge in [0.25, 0.3) is 25.8 Å². The Morgan fingerprint density at radius 3 is 2.03 bits per heavy atom. The Balaban J connectivity index is 0.00000225. The number of nitrogens with one attached hydrogen (secondary N) is 1. The van der Waals surface area contributed by atoms with Gasteiger partial charge in [-0.15, -0.1) is 0 Å². The van der Waals surface area contributed by atoms with Gasteiger partial charge in [0.15, 0.2) is 0 Å². The first-order valence-corrected chi connectivity index (χ1v) is 10.5. The van der Waals surface area contributed by atoms with E-state index >= 15 is 0 Å². The maximum atomic E-state index is 12.3. The molecule has 14 heteroatoms. The third kappa shape index (κ3) is 6.07. The van der Waals surface area contributed by atoms with Gasteiger partial charge in [-0.25, -0.2) is 4.68 Å². The van der Waals surface area contributed by atoms with Crippen molar-refractivity contribution in [1.29, 1.82) is 0 Å². The van der Waals surface area contributed by atoms with Gasteiger partial charge in [-0.2, -0.15) is 16.8 Å². The van der Waals surface area contributed by atoms with Crippen LogP contribution in [0, 0.1) is 0 Å². The molecule has 10 nitrogen and oxygen atoms in total. The molecule has 0 atom stereocenters. The summed E-state index contributed by atoms with van der Waals surface area (Å²) >= 11 is 0. The zero-order valence-corrected chi connectivity index (χ0v) is 15.6. The number of aromatic nitrogens is 2. The van der Waals surface area contributed by atoms with Gasteiger partial charge in [0, 0.05) is 24.2 Å². The molecule has 0 unspecified atom stereocenters. The number of phenols is 1. The van der Waals surface area contributed by atoms with Crippen molar-refractivity contribution < 1.29 is 31.0 Å². The molecule has 0 aliphatic rings. The molecule has 0 fully saturated rings. The SMILES string of the molecule is O=c1cc(Cc2ccccc2)[nH]n1-c1c(O)cc(S(=O)(=O)O)cc1S(=O)(=O)O.[NaH].[NaH]. The van der Waals surface area contributed by atoms with Gasteiger partial charge in [0.05, 0.1) is 4.90 Å². The second-order valence-corrected chi connectivity index (χ2v) is 8.67. The first-order chi connectivity index (χ1) is 13.0. The van der Waals surface area contributed by atoms with Gasteiger partial charge in [0.2, 0.25) is 0 Å². The summed E-state index contributed by atoms with van der Waals surface area (Å²) in [5.41, 5.74) is -0.225. The molecule has 0 aliphatic carbocycles. The van der Waals surface area contributed by atoms with Crippen molar-refractivity contribution in [1.82, 2.24) is 9.78 Å². The van der Waals surface area contributed by atoms with Crippen LogP contribution in [0.4, 0.5) is 0 Å². The Morgan fingerprint density at radius 1 is 0.900 bits per heavy atom. The quantitative estimate of drug-likeness (QED) is 0.288. The number of aromatic amines is 1. The minimum atomic E-state index is -5.07. The first-order valence-electron chi connectivity index (χ1n) is 7.64. The monoisotopic (exact) mass is 474 g/mol. The standard InChI is InChI=1S/C16H14N2O8S2.2Na.2H/c19-13-8-12(27(21,22)23)9-14(28(24,25)26)16(13)18-15(20)7-11(17-18)6-10-4-2-1-3-5-10;;;;/h1-5,7-9,17,19H,6H2,(H,21,22,23)(H,24,25,26);;;;. The summed E-state index contributed by atoms with van der Waals surface area (Å²) in [4.78, 5) is 10.3. The van der Waals surface area contributed by atoms with Gasteiger partial charge in [0.1, 0.15) is 16.3 Å². The van der Waals surface area contributed by atoms with Crippen LogP contribution in [-0.4, -0.2) is 99.9 Å². The summed E-state index contributed by atoms with van der Waals surface area (Å²) in [6, 6.07) is 11.2. The van der Waals surface area contributed by atoms with Crippen molar-refractivity contribution in [3.05, 3.63) is 70.1 Å². The molecular weight excluding hydrogens is 458 g/mol. The Labute approximate surface area is 216 Å². The van der Waals surface area contributed by atoms with Crippen LogP contribution in [0.25, 0.3) is 5.69 Å². The molecule has 0 aliphatic heterocycles. The average molecular weight is 474 g/mol. The van der Waals surface area contributed by atoms with E-state index in [2.05, 4.69) is 5.10 Å². The molecule has 0 bridgehead atoms. The molecule has 30 heavy (non-hydrogen) atoms. The van der Waals surface area contributed by atoms with Crippen LogP contribution in [-0.2, 0) is 26.7 Å². The zero-order valence-electron chi connectivity index (χ0n) is 14.0. The van der Waals surface area contributed by atoms with Crippen molar-refractivity contribution >= 4 is 79.4 Å². The molecule has 0 saturated heterocycles. The second kappa shape index (κ2) is 10.1. The Morgan fingerprint density at radius 2 is 1.50 bits per heavy atom. The van der Waals surface area contributed by atoms with Gasteiger partial charge >= 0.3 is 59.1 Å². The van der Waals surface area contributed by atoms with Crippen LogP contribution < -0.4 is 5.56 Å². The Bertz CT molecular complexity index is 1320. The molecule has 0 amide bonds. The molecule has 3 aromatic rings. The molecule has 0 saturated carbocycles. The first kappa shape index (κ1) is 27.1. The Kier molecular flexibility index (Phi) is 9.15.